The molecule has 164 valence electrons. The topological polar surface area (TPSA) is 110 Å². The molecular formula is C21H22N2O6S2. The number of sulfonamides is 1. The molecule has 0 unspecified atom stereocenters. The first kappa shape index (κ1) is 21.7. The van der Waals surface area contributed by atoms with Crippen LogP contribution in [0.15, 0.2) is 41.3 Å². The highest BCUT2D eigenvalue weighted by atomic mass is 32.2. The first-order valence-corrected chi connectivity index (χ1v) is 12.3. The standard InChI is InChI=1S/C21H22N2O6S2/c24-17(14-5-7-16(8-6-14)31(27,28)23-11-1-2-12-23)13-29-21(26)18-9-10-19(30-18)22-20(25)15-3-4-15/h5-10,15H,1-4,11-13H2,(H,22,25). The van der Waals surface area contributed by atoms with Crippen LogP contribution in [0.25, 0.3) is 0 Å². The number of benzene rings is 1. The highest BCUT2D eigenvalue weighted by Gasteiger charge is 2.30. The minimum atomic E-state index is -3.54. The Kier molecular flexibility index (Phi) is 6.22. The van der Waals surface area contributed by atoms with Crippen LogP contribution in [-0.4, -0.2) is 50.1 Å². The van der Waals surface area contributed by atoms with Gasteiger partial charge in [0.1, 0.15) is 4.88 Å². The molecule has 1 N–H and O–H groups in total. The number of esters is 1. The zero-order valence-corrected chi connectivity index (χ0v) is 18.3. The second-order valence-electron chi connectivity index (χ2n) is 7.56. The second kappa shape index (κ2) is 8.89. The minimum Gasteiger partial charge on any atom is -0.453 e. The Morgan fingerprint density at radius 1 is 1.03 bits per heavy atom. The maximum absolute atomic E-state index is 12.5. The van der Waals surface area contributed by atoms with E-state index in [1.807, 2.05) is 0 Å². The molecule has 2 aliphatic rings. The molecule has 0 atom stereocenters. The lowest BCUT2D eigenvalue weighted by atomic mass is 10.1. The van der Waals surface area contributed by atoms with Gasteiger partial charge in [-0.3, -0.25) is 9.59 Å². The van der Waals surface area contributed by atoms with Gasteiger partial charge in [-0.2, -0.15) is 4.31 Å². The Bertz CT molecular complexity index is 1100. The zero-order valence-electron chi connectivity index (χ0n) is 16.7. The van der Waals surface area contributed by atoms with E-state index in [2.05, 4.69) is 5.32 Å². The maximum Gasteiger partial charge on any atom is 0.348 e. The number of carbonyl (C=O) groups excluding carboxylic acids is 3. The number of hydrogen-bond acceptors (Lipinski definition) is 7. The van der Waals surface area contributed by atoms with Gasteiger partial charge in [0.15, 0.2) is 12.4 Å². The predicted molar refractivity (Wildman–Crippen MR) is 115 cm³/mol. The number of hydrogen-bond donors (Lipinski definition) is 1. The largest absolute Gasteiger partial charge is 0.453 e. The van der Waals surface area contributed by atoms with Gasteiger partial charge in [0.25, 0.3) is 0 Å². The fraction of sp³-hybridized carbons (Fsp3) is 0.381. The summed E-state index contributed by atoms with van der Waals surface area (Å²) in [5.41, 5.74) is 0.261. The van der Waals surface area contributed by atoms with Crippen molar-refractivity contribution in [3.63, 3.8) is 0 Å². The van der Waals surface area contributed by atoms with Crippen molar-refractivity contribution >= 4 is 44.0 Å². The van der Waals surface area contributed by atoms with E-state index in [0.29, 0.717) is 18.1 Å². The van der Waals surface area contributed by atoms with E-state index >= 15 is 0 Å². The SMILES string of the molecule is O=C(COC(=O)c1ccc(NC(=O)C2CC2)s1)c1ccc(S(=O)(=O)N2CCCC2)cc1. The van der Waals surface area contributed by atoms with Crippen molar-refractivity contribution in [2.45, 2.75) is 30.6 Å². The zero-order chi connectivity index (χ0) is 22.0. The van der Waals surface area contributed by atoms with Crippen LogP contribution in [0.2, 0.25) is 0 Å². The number of carbonyl (C=O) groups is 3. The van der Waals surface area contributed by atoms with E-state index in [9.17, 15) is 22.8 Å². The fourth-order valence-corrected chi connectivity index (χ4v) is 5.58. The third-order valence-corrected chi connectivity index (χ3v) is 8.11. The molecule has 0 spiro atoms. The molecule has 1 saturated heterocycles. The van der Waals surface area contributed by atoms with Crippen molar-refractivity contribution in [1.29, 1.82) is 0 Å². The number of anilines is 1. The average molecular weight is 463 g/mol. The van der Waals surface area contributed by atoms with Crippen molar-refractivity contribution in [3.8, 4) is 0 Å². The van der Waals surface area contributed by atoms with Crippen molar-refractivity contribution < 1.29 is 27.5 Å². The molecule has 10 heteroatoms. The number of ketones is 1. The summed E-state index contributed by atoms with van der Waals surface area (Å²) in [7, 11) is -3.54. The molecule has 2 fully saturated rings. The van der Waals surface area contributed by atoms with Crippen LogP contribution in [0.4, 0.5) is 5.00 Å². The molecule has 1 amide bonds. The summed E-state index contributed by atoms with van der Waals surface area (Å²) < 4.78 is 31.6. The Morgan fingerprint density at radius 2 is 1.71 bits per heavy atom. The molecule has 1 aliphatic heterocycles. The molecule has 2 aromatic rings. The van der Waals surface area contributed by atoms with Gasteiger partial charge < -0.3 is 10.1 Å². The molecule has 1 aliphatic carbocycles. The molecule has 8 nitrogen and oxygen atoms in total. The van der Waals surface area contributed by atoms with Gasteiger partial charge in [-0.25, -0.2) is 13.2 Å². The van der Waals surface area contributed by atoms with Crippen molar-refractivity contribution in [2.75, 3.05) is 25.0 Å². The Hall–Kier alpha value is -2.56. The second-order valence-corrected chi connectivity index (χ2v) is 10.6. The summed E-state index contributed by atoms with van der Waals surface area (Å²) in [5.74, 6) is -1.07. The summed E-state index contributed by atoms with van der Waals surface area (Å²) >= 11 is 1.09. The summed E-state index contributed by atoms with van der Waals surface area (Å²) in [6.07, 6.45) is 3.47. The summed E-state index contributed by atoms with van der Waals surface area (Å²) in [6.45, 7) is 0.556. The van der Waals surface area contributed by atoms with Gasteiger partial charge in [-0.05, 0) is 62.1 Å². The monoisotopic (exact) mass is 462 g/mol. The first-order valence-electron chi connectivity index (χ1n) is 10.1. The molecule has 4 rings (SSSR count). The van der Waals surface area contributed by atoms with Gasteiger partial charge in [0, 0.05) is 24.6 Å². The van der Waals surface area contributed by atoms with E-state index in [1.54, 1.807) is 6.07 Å². The number of nitrogens with one attached hydrogen (secondary N) is 1. The van der Waals surface area contributed by atoms with Crippen LogP contribution < -0.4 is 5.32 Å². The number of ether oxygens (including phenoxy) is 1. The highest BCUT2D eigenvalue weighted by molar-refractivity contribution is 7.89. The van der Waals surface area contributed by atoms with Crippen molar-refractivity contribution in [2.24, 2.45) is 5.92 Å². The summed E-state index contributed by atoms with van der Waals surface area (Å²) in [6, 6.07) is 8.82. The lowest BCUT2D eigenvalue weighted by molar-refractivity contribution is -0.117. The van der Waals surface area contributed by atoms with Crippen LogP contribution in [0.3, 0.4) is 0 Å². The fourth-order valence-electron chi connectivity index (χ4n) is 3.26. The van der Waals surface area contributed by atoms with Crippen LogP contribution in [0, 0.1) is 5.92 Å². The molecule has 1 aromatic heterocycles. The van der Waals surface area contributed by atoms with E-state index < -0.39 is 28.4 Å². The Morgan fingerprint density at radius 3 is 2.35 bits per heavy atom. The molecule has 1 saturated carbocycles. The smallest absolute Gasteiger partial charge is 0.348 e. The normalized spacial score (nSPS) is 16.8. The molecule has 0 radical (unpaired) electrons. The van der Waals surface area contributed by atoms with Crippen LogP contribution in [-0.2, 0) is 19.6 Å². The van der Waals surface area contributed by atoms with E-state index in [0.717, 1.165) is 37.0 Å². The van der Waals surface area contributed by atoms with Crippen molar-refractivity contribution in [1.82, 2.24) is 4.31 Å². The first-order chi connectivity index (χ1) is 14.8. The van der Waals surface area contributed by atoms with Gasteiger partial charge in [-0.1, -0.05) is 0 Å². The molecular weight excluding hydrogens is 440 g/mol. The molecule has 2 heterocycles. The number of Topliss-reactive ketones (excluding diaryl/α,β-unsaturated/α-hetero) is 1. The average Bonchev–Trinajstić information content (AvgIpc) is 3.26. The molecule has 1 aromatic carbocycles. The maximum atomic E-state index is 12.5. The van der Waals surface area contributed by atoms with Crippen LogP contribution >= 0.6 is 11.3 Å². The minimum absolute atomic E-state index is 0.0489. The van der Waals surface area contributed by atoms with E-state index in [1.165, 1.54) is 34.6 Å². The van der Waals surface area contributed by atoms with Gasteiger partial charge >= 0.3 is 5.97 Å². The van der Waals surface area contributed by atoms with Gasteiger partial charge in [0.2, 0.25) is 15.9 Å². The number of rotatable bonds is 8. The third-order valence-electron chi connectivity index (χ3n) is 5.22. The van der Waals surface area contributed by atoms with E-state index in [4.69, 9.17) is 4.74 Å². The summed E-state index contributed by atoms with van der Waals surface area (Å²) in [5, 5.41) is 3.32. The quantitative estimate of drug-likeness (QED) is 0.477. The van der Waals surface area contributed by atoms with Crippen molar-refractivity contribution in [3.05, 3.63) is 46.8 Å². The van der Waals surface area contributed by atoms with Crippen LogP contribution in [0.5, 0.6) is 0 Å². The number of amides is 1. The van der Waals surface area contributed by atoms with E-state index in [-0.39, 0.29) is 27.2 Å². The van der Waals surface area contributed by atoms with Gasteiger partial charge in [-0.15, -0.1) is 11.3 Å². The van der Waals surface area contributed by atoms with Gasteiger partial charge in [0.05, 0.1) is 9.90 Å². The Balaban J connectivity index is 1.31. The van der Waals surface area contributed by atoms with Crippen LogP contribution in [0.1, 0.15) is 45.7 Å². The Labute approximate surface area is 184 Å². The number of thiophene rings is 1. The lowest BCUT2D eigenvalue weighted by Crippen LogP contribution is -2.27. The third kappa shape index (κ3) is 5.03. The summed E-state index contributed by atoms with van der Waals surface area (Å²) in [4.78, 5) is 36.7. The highest BCUT2D eigenvalue weighted by Crippen LogP contribution is 2.31. The predicted octanol–water partition coefficient (Wildman–Crippen LogP) is 2.92. The lowest BCUT2D eigenvalue weighted by Gasteiger charge is -2.15. The molecule has 0 bridgehead atoms. The molecule has 31 heavy (non-hydrogen) atoms. The number of nitrogens with zero attached hydrogens (tertiary/aromatic N) is 1.